The SMILES string of the molecule is Cc1cccc(CN2C(=O)S/C(=C/c3ccc(-c4ccccc4C#N)o3)C2=O)c1. The Bertz CT molecular complexity index is 1190. The van der Waals surface area contributed by atoms with Crippen LogP contribution in [0.4, 0.5) is 4.79 Å². The zero-order valence-corrected chi connectivity index (χ0v) is 16.4. The van der Waals surface area contributed by atoms with E-state index in [4.69, 9.17) is 4.42 Å². The lowest BCUT2D eigenvalue weighted by molar-refractivity contribution is -0.123. The topological polar surface area (TPSA) is 74.3 Å². The molecule has 142 valence electrons. The van der Waals surface area contributed by atoms with Crippen LogP contribution < -0.4 is 0 Å². The molecule has 29 heavy (non-hydrogen) atoms. The molecule has 3 aromatic rings. The van der Waals surface area contributed by atoms with Gasteiger partial charge in [0.05, 0.1) is 23.1 Å². The molecule has 6 heteroatoms. The van der Waals surface area contributed by atoms with Crippen molar-refractivity contribution in [2.24, 2.45) is 0 Å². The van der Waals surface area contributed by atoms with Crippen LogP contribution in [0, 0.1) is 18.3 Å². The summed E-state index contributed by atoms with van der Waals surface area (Å²) >= 11 is 0.899. The maximum Gasteiger partial charge on any atom is 0.293 e. The van der Waals surface area contributed by atoms with E-state index in [-0.39, 0.29) is 17.7 Å². The van der Waals surface area contributed by atoms with Crippen molar-refractivity contribution in [2.45, 2.75) is 13.5 Å². The number of hydrogen-bond donors (Lipinski definition) is 0. The van der Waals surface area contributed by atoms with Crippen LogP contribution in [-0.2, 0) is 11.3 Å². The van der Waals surface area contributed by atoms with Crippen LogP contribution in [-0.4, -0.2) is 16.0 Å². The second-order valence-corrected chi connectivity index (χ2v) is 7.61. The van der Waals surface area contributed by atoms with Crippen LogP contribution in [0.2, 0.25) is 0 Å². The van der Waals surface area contributed by atoms with Gasteiger partial charge >= 0.3 is 0 Å². The van der Waals surface area contributed by atoms with Gasteiger partial charge in [-0.05, 0) is 48.5 Å². The minimum absolute atomic E-state index is 0.239. The third-order valence-electron chi connectivity index (χ3n) is 4.51. The third-order valence-corrected chi connectivity index (χ3v) is 5.42. The molecular formula is C23H16N2O3S. The van der Waals surface area contributed by atoms with E-state index in [2.05, 4.69) is 6.07 Å². The number of carbonyl (C=O) groups excluding carboxylic acids is 2. The molecular weight excluding hydrogens is 384 g/mol. The summed E-state index contributed by atoms with van der Waals surface area (Å²) in [5.74, 6) is 0.651. The molecule has 0 spiro atoms. The lowest BCUT2D eigenvalue weighted by Gasteiger charge is -2.12. The van der Waals surface area contributed by atoms with E-state index in [1.165, 1.54) is 4.90 Å². The Morgan fingerprint density at radius 3 is 2.72 bits per heavy atom. The average molecular weight is 400 g/mol. The van der Waals surface area contributed by atoms with Crippen molar-refractivity contribution >= 4 is 29.0 Å². The van der Waals surface area contributed by atoms with E-state index in [1.807, 2.05) is 37.3 Å². The van der Waals surface area contributed by atoms with E-state index >= 15 is 0 Å². The zero-order chi connectivity index (χ0) is 20.4. The predicted octanol–water partition coefficient (Wildman–Crippen LogP) is 5.36. The van der Waals surface area contributed by atoms with Crippen LogP contribution in [0.1, 0.15) is 22.5 Å². The first kappa shape index (κ1) is 18.8. The quantitative estimate of drug-likeness (QED) is 0.551. The fourth-order valence-corrected chi connectivity index (χ4v) is 3.95. The number of hydrogen-bond acceptors (Lipinski definition) is 5. The molecule has 4 rings (SSSR count). The summed E-state index contributed by atoms with van der Waals surface area (Å²) in [6.07, 6.45) is 1.57. The fourth-order valence-electron chi connectivity index (χ4n) is 3.13. The Morgan fingerprint density at radius 1 is 1.10 bits per heavy atom. The number of amides is 2. The normalized spacial score (nSPS) is 15.2. The van der Waals surface area contributed by atoms with Gasteiger partial charge in [-0.3, -0.25) is 14.5 Å². The molecule has 1 saturated heterocycles. The molecule has 1 fully saturated rings. The molecule has 1 aromatic heterocycles. The molecule has 0 aliphatic carbocycles. The van der Waals surface area contributed by atoms with Gasteiger partial charge in [0.1, 0.15) is 11.5 Å². The number of rotatable bonds is 4. The van der Waals surface area contributed by atoms with E-state index in [0.29, 0.717) is 27.6 Å². The Balaban J connectivity index is 1.57. The van der Waals surface area contributed by atoms with E-state index in [1.54, 1.807) is 36.4 Å². The number of carbonyl (C=O) groups is 2. The van der Waals surface area contributed by atoms with Gasteiger partial charge in [-0.2, -0.15) is 5.26 Å². The smallest absolute Gasteiger partial charge is 0.293 e. The van der Waals surface area contributed by atoms with Gasteiger partial charge in [0, 0.05) is 11.6 Å². The first-order valence-electron chi connectivity index (χ1n) is 8.95. The van der Waals surface area contributed by atoms with Gasteiger partial charge in [-0.15, -0.1) is 0 Å². The summed E-state index contributed by atoms with van der Waals surface area (Å²) in [6.45, 7) is 2.21. The zero-order valence-electron chi connectivity index (χ0n) is 15.6. The molecule has 0 atom stereocenters. The van der Waals surface area contributed by atoms with Gasteiger partial charge in [0.2, 0.25) is 0 Å². The molecule has 0 bridgehead atoms. The monoisotopic (exact) mass is 400 g/mol. The molecule has 2 heterocycles. The second kappa shape index (κ2) is 7.82. The standard InChI is InChI=1S/C23H16N2O3S/c1-15-5-4-6-16(11-15)14-25-22(26)21(29-23(25)27)12-18-9-10-20(28-18)19-8-3-2-7-17(19)13-24/h2-12H,14H2,1H3/b21-12+. The van der Waals surface area contributed by atoms with Crippen molar-refractivity contribution in [1.29, 1.82) is 5.26 Å². The number of benzene rings is 2. The number of imide groups is 1. The van der Waals surface area contributed by atoms with Gasteiger partial charge in [0.25, 0.3) is 11.1 Å². The fraction of sp³-hybridized carbons (Fsp3) is 0.0870. The molecule has 0 radical (unpaired) electrons. The summed E-state index contributed by atoms with van der Waals surface area (Å²) in [6, 6.07) is 20.5. The van der Waals surface area contributed by atoms with Crippen LogP contribution in [0.5, 0.6) is 0 Å². The molecule has 2 aromatic carbocycles. The maximum absolute atomic E-state index is 12.7. The van der Waals surface area contributed by atoms with Crippen LogP contribution in [0.25, 0.3) is 17.4 Å². The number of furan rings is 1. The lowest BCUT2D eigenvalue weighted by atomic mass is 10.1. The summed E-state index contributed by atoms with van der Waals surface area (Å²) in [4.78, 5) is 26.6. The van der Waals surface area contributed by atoms with E-state index < -0.39 is 0 Å². The Hall–Kier alpha value is -3.56. The van der Waals surface area contributed by atoms with Gasteiger partial charge in [-0.1, -0.05) is 42.0 Å². The highest BCUT2D eigenvalue weighted by Gasteiger charge is 2.35. The van der Waals surface area contributed by atoms with Crippen molar-refractivity contribution in [3.05, 3.63) is 88.0 Å². The predicted molar refractivity (Wildman–Crippen MR) is 112 cm³/mol. The number of nitriles is 1. The first-order chi connectivity index (χ1) is 14.0. The summed E-state index contributed by atoms with van der Waals surface area (Å²) < 4.78 is 5.80. The van der Waals surface area contributed by atoms with Crippen LogP contribution in [0.3, 0.4) is 0 Å². The van der Waals surface area contributed by atoms with Gasteiger partial charge < -0.3 is 4.42 Å². The maximum atomic E-state index is 12.7. The van der Waals surface area contributed by atoms with Gasteiger partial charge in [-0.25, -0.2) is 0 Å². The molecule has 1 aliphatic heterocycles. The minimum Gasteiger partial charge on any atom is -0.457 e. The molecule has 2 amide bonds. The Kier molecular flexibility index (Phi) is 5.07. The largest absolute Gasteiger partial charge is 0.457 e. The highest BCUT2D eigenvalue weighted by Crippen LogP contribution is 2.34. The lowest BCUT2D eigenvalue weighted by Crippen LogP contribution is -2.27. The summed E-state index contributed by atoms with van der Waals surface area (Å²) in [7, 11) is 0. The molecule has 0 N–H and O–H groups in total. The van der Waals surface area contributed by atoms with Crippen molar-refractivity contribution in [1.82, 2.24) is 4.90 Å². The van der Waals surface area contributed by atoms with E-state index in [0.717, 1.165) is 22.9 Å². The summed E-state index contributed by atoms with van der Waals surface area (Å²) in [5, 5.41) is 8.95. The molecule has 0 unspecified atom stereocenters. The third kappa shape index (κ3) is 3.86. The minimum atomic E-state index is -0.336. The highest BCUT2D eigenvalue weighted by molar-refractivity contribution is 8.18. The van der Waals surface area contributed by atoms with Crippen molar-refractivity contribution < 1.29 is 14.0 Å². The van der Waals surface area contributed by atoms with Crippen molar-refractivity contribution in [3.63, 3.8) is 0 Å². The number of nitrogens with zero attached hydrogens (tertiary/aromatic N) is 2. The van der Waals surface area contributed by atoms with Crippen molar-refractivity contribution in [2.75, 3.05) is 0 Å². The number of aryl methyl sites for hydroxylation is 1. The van der Waals surface area contributed by atoms with Gasteiger partial charge in [0.15, 0.2) is 0 Å². The van der Waals surface area contributed by atoms with E-state index in [9.17, 15) is 14.9 Å². The highest BCUT2D eigenvalue weighted by atomic mass is 32.2. The van der Waals surface area contributed by atoms with Crippen LogP contribution in [0.15, 0.2) is 70.0 Å². The second-order valence-electron chi connectivity index (χ2n) is 6.62. The summed E-state index contributed by atoms with van der Waals surface area (Å²) in [5.41, 5.74) is 3.17. The molecule has 0 saturated carbocycles. The molecule has 1 aliphatic rings. The van der Waals surface area contributed by atoms with Crippen LogP contribution >= 0.6 is 11.8 Å². The Morgan fingerprint density at radius 2 is 1.93 bits per heavy atom. The average Bonchev–Trinajstić information content (AvgIpc) is 3.28. The first-order valence-corrected chi connectivity index (χ1v) is 9.77. The molecule has 5 nitrogen and oxygen atoms in total. The number of thioether (sulfide) groups is 1. The Labute approximate surface area is 172 Å². The van der Waals surface area contributed by atoms with Crippen molar-refractivity contribution in [3.8, 4) is 17.4 Å².